The predicted octanol–water partition coefficient (Wildman–Crippen LogP) is 1.01. The average molecular weight is 316 g/mol. The average Bonchev–Trinajstić information content (AvgIpc) is 3.19. The molecule has 2 N–H and O–H groups in total. The number of halogens is 1. The van der Waals surface area contributed by atoms with E-state index in [-0.39, 0.29) is 29.8 Å². The van der Waals surface area contributed by atoms with E-state index in [1.165, 1.54) is 12.1 Å². The van der Waals surface area contributed by atoms with Gasteiger partial charge in [0.1, 0.15) is 12.4 Å². The van der Waals surface area contributed by atoms with E-state index in [9.17, 15) is 17.6 Å². The number of esters is 1. The minimum atomic E-state index is -3.95. The van der Waals surface area contributed by atoms with Crippen molar-refractivity contribution in [2.75, 3.05) is 18.1 Å². The summed E-state index contributed by atoms with van der Waals surface area (Å²) in [6, 6.07) is 3.50. The standard InChI is InChI=1S/C13H17FN2O4S/c1-2-20-13(17)8-16(9-3-4-9)12-6-5-10(7-11(12)14)21(15,18)19/h5-7,9H,2-4,8H2,1H3,(H2,15,18,19). The summed E-state index contributed by atoms with van der Waals surface area (Å²) in [7, 11) is -3.95. The number of hydrogen-bond donors (Lipinski definition) is 1. The number of nitrogens with two attached hydrogens (primary N) is 1. The molecule has 0 radical (unpaired) electrons. The molecule has 1 aliphatic rings. The Hall–Kier alpha value is -1.67. The SMILES string of the molecule is CCOC(=O)CN(c1ccc(S(N)(=O)=O)cc1F)C1CC1. The van der Waals surface area contributed by atoms with Gasteiger partial charge >= 0.3 is 5.97 Å². The molecule has 2 rings (SSSR count). The van der Waals surface area contributed by atoms with Crippen molar-refractivity contribution in [1.29, 1.82) is 0 Å². The van der Waals surface area contributed by atoms with E-state index in [4.69, 9.17) is 9.88 Å². The number of nitrogens with zero attached hydrogens (tertiary/aromatic N) is 1. The highest BCUT2D eigenvalue weighted by Crippen LogP contribution is 2.33. The van der Waals surface area contributed by atoms with Gasteiger partial charge in [0.05, 0.1) is 17.2 Å². The summed E-state index contributed by atoms with van der Waals surface area (Å²) >= 11 is 0. The number of anilines is 1. The van der Waals surface area contributed by atoms with Crippen molar-refractivity contribution in [2.24, 2.45) is 5.14 Å². The summed E-state index contributed by atoms with van der Waals surface area (Å²) in [5.74, 6) is -1.17. The first-order valence-corrected chi connectivity index (χ1v) is 8.12. The van der Waals surface area contributed by atoms with Crippen LogP contribution in [0.1, 0.15) is 19.8 Å². The second kappa shape index (κ2) is 5.98. The summed E-state index contributed by atoms with van der Waals surface area (Å²) in [5, 5.41) is 4.96. The monoisotopic (exact) mass is 316 g/mol. The van der Waals surface area contributed by atoms with Gasteiger partial charge in [0.15, 0.2) is 0 Å². The van der Waals surface area contributed by atoms with E-state index in [2.05, 4.69) is 0 Å². The molecule has 1 fully saturated rings. The summed E-state index contributed by atoms with van der Waals surface area (Å²) in [5.41, 5.74) is 0.179. The van der Waals surface area contributed by atoms with Crippen LogP contribution >= 0.6 is 0 Å². The van der Waals surface area contributed by atoms with E-state index in [0.717, 1.165) is 18.9 Å². The molecule has 1 aromatic rings. The van der Waals surface area contributed by atoms with Crippen molar-refractivity contribution in [3.63, 3.8) is 0 Å². The predicted molar refractivity (Wildman–Crippen MR) is 74.8 cm³/mol. The van der Waals surface area contributed by atoms with Gasteiger partial charge in [0, 0.05) is 6.04 Å². The summed E-state index contributed by atoms with van der Waals surface area (Å²) in [6.45, 7) is 1.88. The Balaban J connectivity index is 2.27. The van der Waals surface area contributed by atoms with Gasteiger partial charge in [-0.25, -0.2) is 17.9 Å². The van der Waals surface area contributed by atoms with Gasteiger partial charge in [-0.1, -0.05) is 0 Å². The van der Waals surface area contributed by atoms with E-state index in [1.54, 1.807) is 11.8 Å². The zero-order chi connectivity index (χ0) is 15.6. The largest absolute Gasteiger partial charge is 0.465 e. The highest BCUT2D eigenvalue weighted by Gasteiger charge is 2.32. The van der Waals surface area contributed by atoms with Crippen LogP contribution in [0.5, 0.6) is 0 Å². The second-order valence-electron chi connectivity index (χ2n) is 4.82. The lowest BCUT2D eigenvalue weighted by Crippen LogP contribution is -2.33. The van der Waals surface area contributed by atoms with E-state index in [0.29, 0.717) is 0 Å². The van der Waals surface area contributed by atoms with Crippen molar-refractivity contribution in [3.05, 3.63) is 24.0 Å². The Morgan fingerprint density at radius 3 is 2.62 bits per heavy atom. The smallest absolute Gasteiger partial charge is 0.325 e. The fourth-order valence-corrected chi connectivity index (χ4v) is 2.57. The van der Waals surface area contributed by atoms with Crippen LogP contribution < -0.4 is 10.0 Å². The number of rotatable bonds is 6. The maximum absolute atomic E-state index is 14.1. The molecule has 0 atom stereocenters. The highest BCUT2D eigenvalue weighted by atomic mass is 32.2. The third kappa shape index (κ3) is 3.92. The molecule has 0 aliphatic heterocycles. The molecule has 1 aromatic carbocycles. The first-order valence-electron chi connectivity index (χ1n) is 6.57. The highest BCUT2D eigenvalue weighted by molar-refractivity contribution is 7.89. The molecule has 0 saturated heterocycles. The number of ether oxygens (including phenoxy) is 1. The Morgan fingerprint density at radius 2 is 2.14 bits per heavy atom. The lowest BCUT2D eigenvalue weighted by Gasteiger charge is -2.24. The minimum absolute atomic E-state index is 0.0653. The van der Waals surface area contributed by atoms with Crippen LogP contribution in [0.25, 0.3) is 0 Å². The van der Waals surface area contributed by atoms with Crippen molar-refractivity contribution in [1.82, 2.24) is 0 Å². The first kappa shape index (κ1) is 15.7. The van der Waals surface area contributed by atoms with Gasteiger partial charge in [-0.05, 0) is 38.0 Å². The molecule has 0 aromatic heterocycles. The fraction of sp³-hybridized carbons (Fsp3) is 0.462. The second-order valence-corrected chi connectivity index (χ2v) is 6.38. The van der Waals surface area contributed by atoms with E-state index in [1.807, 2.05) is 0 Å². The Bertz CT molecular complexity index is 644. The number of carbonyl (C=O) groups is 1. The zero-order valence-corrected chi connectivity index (χ0v) is 12.4. The summed E-state index contributed by atoms with van der Waals surface area (Å²) < 4.78 is 41.4. The molecule has 1 saturated carbocycles. The molecule has 1 aliphatic carbocycles. The Morgan fingerprint density at radius 1 is 1.48 bits per heavy atom. The van der Waals surface area contributed by atoms with Crippen LogP contribution in [-0.4, -0.2) is 33.6 Å². The van der Waals surface area contributed by atoms with Crippen molar-refractivity contribution in [2.45, 2.75) is 30.7 Å². The zero-order valence-electron chi connectivity index (χ0n) is 11.6. The number of benzene rings is 1. The van der Waals surface area contributed by atoms with Crippen LogP contribution in [0.3, 0.4) is 0 Å². The van der Waals surface area contributed by atoms with Gasteiger partial charge in [0.25, 0.3) is 0 Å². The topological polar surface area (TPSA) is 89.7 Å². The van der Waals surface area contributed by atoms with Crippen LogP contribution in [0.15, 0.2) is 23.1 Å². The lowest BCUT2D eigenvalue weighted by atomic mass is 10.2. The van der Waals surface area contributed by atoms with E-state index < -0.39 is 21.8 Å². The lowest BCUT2D eigenvalue weighted by molar-refractivity contribution is -0.141. The van der Waals surface area contributed by atoms with Crippen molar-refractivity contribution < 1.29 is 22.3 Å². The molecule has 0 amide bonds. The van der Waals surface area contributed by atoms with Crippen molar-refractivity contribution in [3.8, 4) is 0 Å². The summed E-state index contributed by atoms with van der Waals surface area (Å²) in [6.07, 6.45) is 1.71. The Kier molecular flexibility index (Phi) is 4.48. The molecule has 0 heterocycles. The maximum atomic E-state index is 14.1. The van der Waals surface area contributed by atoms with Crippen LogP contribution in [0.4, 0.5) is 10.1 Å². The third-order valence-electron chi connectivity index (χ3n) is 3.15. The molecule has 8 heteroatoms. The van der Waals surface area contributed by atoms with Gasteiger partial charge in [0.2, 0.25) is 10.0 Å². The third-order valence-corrected chi connectivity index (χ3v) is 4.06. The van der Waals surface area contributed by atoms with Crippen LogP contribution in [0, 0.1) is 5.82 Å². The molecule has 116 valence electrons. The first-order chi connectivity index (χ1) is 9.82. The molecular weight excluding hydrogens is 299 g/mol. The molecule has 6 nitrogen and oxygen atoms in total. The van der Waals surface area contributed by atoms with Crippen LogP contribution in [-0.2, 0) is 19.6 Å². The van der Waals surface area contributed by atoms with Crippen molar-refractivity contribution >= 4 is 21.7 Å². The normalized spacial score (nSPS) is 14.8. The number of sulfonamides is 1. The Labute approximate surface area is 122 Å². The molecule has 21 heavy (non-hydrogen) atoms. The number of primary sulfonamides is 1. The van der Waals surface area contributed by atoms with Gasteiger partial charge in [-0.15, -0.1) is 0 Å². The quantitative estimate of drug-likeness (QED) is 0.791. The van der Waals surface area contributed by atoms with Gasteiger partial charge in [-0.2, -0.15) is 0 Å². The number of hydrogen-bond acceptors (Lipinski definition) is 5. The van der Waals surface area contributed by atoms with E-state index >= 15 is 0 Å². The molecule has 0 bridgehead atoms. The fourth-order valence-electron chi connectivity index (χ4n) is 2.04. The van der Waals surface area contributed by atoms with Gasteiger partial charge < -0.3 is 9.64 Å². The van der Waals surface area contributed by atoms with Gasteiger partial charge in [-0.3, -0.25) is 4.79 Å². The summed E-state index contributed by atoms with van der Waals surface area (Å²) in [4.78, 5) is 12.9. The molecule has 0 spiro atoms. The molecule has 0 unspecified atom stereocenters. The molecular formula is C13H17FN2O4S. The number of carbonyl (C=O) groups excluding carboxylic acids is 1. The van der Waals surface area contributed by atoms with Crippen LogP contribution in [0.2, 0.25) is 0 Å². The minimum Gasteiger partial charge on any atom is -0.465 e. The maximum Gasteiger partial charge on any atom is 0.325 e.